The van der Waals surface area contributed by atoms with Crippen molar-refractivity contribution in [3.63, 3.8) is 0 Å². The molecule has 1 heterocycles. The Bertz CT molecular complexity index is 467. The van der Waals surface area contributed by atoms with Gasteiger partial charge in [0.2, 0.25) is 10.0 Å². The van der Waals surface area contributed by atoms with Crippen molar-refractivity contribution in [3.8, 4) is 0 Å². The minimum atomic E-state index is -3.15. The van der Waals surface area contributed by atoms with Gasteiger partial charge >= 0.3 is 0 Å². The summed E-state index contributed by atoms with van der Waals surface area (Å²) in [5.41, 5.74) is 2.09. The Morgan fingerprint density at radius 3 is 2.61 bits per heavy atom. The third-order valence-corrected chi connectivity index (χ3v) is 3.98. The summed E-state index contributed by atoms with van der Waals surface area (Å²) in [6.45, 7) is 5.59. The van der Waals surface area contributed by atoms with E-state index in [-0.39, 0.29) is 5.75 Å². The van der Waals surface area contributed by atoms with E-state index < -0.39 is 10.0 Å². The van der Waals surface area contributed by atoms with E-state index >= 15 is 0 Å². The number of aryl methyl sites for hydroxylation is 3. The highest BCUT2D eigenvalue weighted by molar-refractivity contribution is 7.89. The molecular weight excluding hydrogens is 252 g/mol. The van der Waals surface area contributed by atoms with Gasteiger partial charge in [-0.15, -0.1) is 0 Å². The molecule has 18 heavy (non-hydrogen) atoms. The van der Waals surface area contributed by atoms with Crippen molar-refractivity contribution in [3.05, 3.63) is 17.5 Å². The van der Waals surface area contributed by atoms with Crippen molar-refractivity contribution in [2.24, 2.45) is 0 Å². The number of nitrogens with one attached hydrogen (secondary N) is 2. The Morgan fingerprint density at radius 2 is 2.06 bits per heavy atom. The molecule has 0 fully saturated rings. The maximum Gasteiger partial charge on any atom is 0.212 e. The van der Waals surface area contributed by atoms with Gasteiger partial charge in [0.05, 0.1) is 11.4 Å². The van der Waals surface area contributed by atoms with Crippen molar-refractivity contribution in [1.29, 1.82) is 0 Å². The van der Waals surface area contributed by atoms with Crippen molar-refractivity contribution < 1.29 is 8.42 Å². The van der Waals surface area contributed by atoms with Crippen LogP contribution >= 0.6 is 0 Å². The van der Waals surface area contributed by atoms with Gasteiger partial charge in [-0.05, 0) is 33.4 Å². The van der Waals surface area contributed by atoms with E-state index in [0.717, 1.165) is 24.4 Å². The summed E-state index contributed by atoms with van der Waals surface area (Å²) in [6, 6.07) is 2.01. The van der Waals surface area contributed by atoms with Gasteiger partial charge in [0.1, 0.15) is 0 Å². The zero-order valence-electron chi connectivity index (χ0n) is 11.2. The summed E-state index contributed by atoms with van der Waals surface area (Å²) in [5, 5.41) is 7.14. The van der Waals surface area contributed by atoms with E-state index in [0.29, 0.717) is 13.1 Å². The van der Waals surface area contributed by atoms with Crippen LogP contribution in [0, 0.1) is 13.8 Å². The van der Waals surface area contributed by atoms with Crippen LogP contribution in [0.15, 0.2) is 6.07 Å². The highest BCUT2D eigenvalue weighted by atomic mass is 32.2. The van der Waals surface area contributed by atoms with Crippen molar-refractivity contribution >= 4 is 10.0 Å². The number of rotatable bonds is 8. The number of hydrogen-bond donors (Lipinski definition) is 2. The predicted octanol–water partition coefficient (Wildman–Crippen LogP) is 0.0288. The molecular formula is C11H22N4O2S. The van der Waals surface area contributed by atoms with Crippen molar-refractivity contribution in [1.82, 2.24) is 19.8 Å². The summed E-state index contributed by atoms with van der Waals surface area (Å²) in [4.78, 5) is 0. The van der Waals surface area contributed by atoms with Gasteiger partial charge in [-0.25, -0.2) is 13.1 Å². The molecule has 0 aliphatic carbocycles. The Labute approximate surface area is 109 Å². The predicted molar refractivity (Wildman–Crippen MR) is 72.0 cm³/mol. The maximum absolute atomic E-state index is 11.5. The molecule has 0 bridgehead atoms. The fourth-order valence-electron chi connectivity index (χ4n) is 1.67. The quantitative estimate of drug-likeness (QED) is 0.656. The summed E-state index contributed by atoms with van der Waals surface area (Å²) < 4.78 is 27.5. The van der Waals surface area contributed by atoms with Crippen LogP contribution < -0.4 is 10.0 Å². The van der Waals surface area contributed by atoms with Gasteiger partial charge in [-0.2, -0.15) is 5.10 Å². The zero-order valence-corrected chi connectivity index (χ0v) is 12.0. The maximum atomic E-state index is 11.5. The van der Waals surface area contributed by atoms with Crippen LogP contribution in [0.3, 0.4) is 0 Å². The lowest BCUT2D eigenvalue weighted by Gasteiger charge is -2.07. The first-order chi connectivity index (χ1) is 8.44. The van der Waals surface area contributed by atoms with E-state index in [4.69, 9.17) is 0 Å². The molecule has 104 valence electrons. The molecule has 1 rings (SSSR count). The summed E-state index contributed by atoms with van der Waals surface area (Å²) >= 11 is 0. The van der Waals surface area contributed by atoms with E-state index in [1.54, 1.807) is 7.05 Å². The highest BCUT2D eigenvalue weighted by Crippen LogP contribution is 2.02. The molecule has 0 aromatic carbocycles. The molecule has 0 saturated heterocycles. The average molecular weight is 274 g/mol. The lowest BCUT2D eigenvalue weighted by molar-refractivity contribution is 0.543. The van der Waals surface area contributed by atoms with Crippen molar-refractivity contribution in [2.75, 3.05) is 25.9 Å². The minimum Gasteiger partial charge on any atom is -0.319 e. The van der Waals surface area contributed by atoms with Gasteiger partial charge in [-0.1, -0.05) is 0 Å². The molecule has 0 amide bonds. The van der Waals surface area contributed by atoms with Crippen molar-refractivity contribution in [2.45, 2.75) is 26.8 Å². The molecule has 1 aromatic heterocycles. The van der Waals surface area contributed by atoms with E-state index in [2.05, 4.69) is 15.1 Å². The molecule has 1 aromatic rings. The Balaban J connectivity index is 2.28. The Kier molecular flexibility index (Phi) is 5.77. The lowest BCUT2D eigenvalue weighted by atomic mass is 10.4. The minimum absolute atomic E-state index is 0.114. The third kappa shape index (κ3) is 5.16. The first-order valence-corrected chi connectivity index (χ1v) is 7.73. The topological polar surface area (TPSA) is 76.0 Å². The molecule has 7 heteroatoms. The van der Waals surface area contributed by atoms with E-state index in [9.17, 15) is 8.42 Å². The molecule has 0 saturated carbocycles. The molecule has 0 aliphatic heterocycles. The molecule has 0 radical (unpaired) electrons. The molecule has 0 atom stereocenters. The summed E-state index contributed by atoms with van der Waals surface area (Å²) in [5.74, 6) is 0.114. The zero-order chi connectivity index (χ0) is 13.6. The number of hydrogen-bond acceptors (Lipinski definition) is 4. The normalized spacial score (nSPS) is 11.9. The molecule has 2 N–H and O–H groups in total. The first kappa shape index (κ1) is 15.1. The van der Waals surface area contributed by atoms with E-state index in [1.165, 1.54) is 0 Å². The fraction of sp³-hybridized carbons (Fsp3) is 0.727. The second kappa shape index (κ2) is 6.86. The monoisotopic (exact) mass is 274 g/mol. The number of aromatic nitrogens is 2. The Morgan fingerprint density at radius 1 is 1.33 bits per heavy atom. The van der Waals surface area contributed by atoms with Gasteiger partial charge < -0.3 is 5.32 Å². The number of sulfonamides is 1. The van der Waals surface area contributed by atoms with Gasteiger partial charge in [-0.3, -0.25) is 4.68 Å². The van der Waals surface area contributed by atoms with Crippen LogP contribution in [0.5, 0.6) is 0 Å². The molecule has 6 nitrogen and oxygen atoms in total. The van der Waals surface area contributed by atoms with Crippen LogP contribution in [0.1, 0.15) is 17.8 Å². The lowest BCUT2D eigenvalue weighted by Crippen LogP contribution is -2.31. The van der Waals surface area contributed by atoms with Gasteiger partial charge in [0.15, 0.2) is 0 Å². The number of nitrogens with zero attached hydrogens (tertiary/aromatic N) is 2. The average Bonchev–Trinajstić information content (AvgIpc) is 2.61. The summed E-state index contributed by atoms with van der Waals surface area (Å²) in [7, 11) is -1.41. The van der Waals surface area contributed by atoms with Crippen LogP contribution in [0.4, 0.5) is 0 Å². The molecule has 0 aliphatic rings. The Hall–Kier alpha value is -0.920. The largest absolute Gasteiger partial charge is 0.319 e. The SMILES string of the molecule is CNCCS(=O)(=O)NCCCn1nc(C)cc1C. The van der Waals surface area contributed by atoms with Gasteiger partial charge in [0, 0.05) is 25.3 Å². The van der Waals surface area contributed by atoms with Crippen LogP contribution in [0.25, 0.3) is 0 Å². The molecule has 0 spiro atoms. The molecule has 0 unspecified atom stereocenters. The summed E-state index contributed by atoms with van der Waals surface area (Å²) in [6.07, 6.45) is 0.737. The fourth-order valence-corrected chi connectivity index (χ4v) is 2.74. The smallest absolute Gasteiger partial charge is 0.212 e. The van der Waals surface area contributed by atoms with E-state index in [1.807, 2.05) is 24.6 Å². The second-order valence-corrected chi connectivity index (χ2v) is 6.25. The van der Waals surface area contributed by atoms with Crippen LogP contribution in [0.2, 0.25) is 0 Å². The highest BCUT2D eigenvalue weighted by Gasteiger charge is 2.08. The van der Waals surface area contributed by atoms with Crippen LogP contribution in [-0.2, 0) is 16.6 Å². The third-order valence-electron chi connectivity index (χ3n) is 2.59. The second-order valence-electron chi connectivity index (χ2n) is 4.32. The first-order valence-electron chi connectivity index (χ1n) is 6.07. The van der Waals surface area contributed by atoms with Gasteiger partial charge in [0.25, 0.3) is 0 Å². The standard InChI is InChI=1S/C11H22N4O2S/c1-10-9-11(2)15(14-10)7-4-5-13-18(16,17)8-6-12-3/h9,12-13H,4-8H2,1-3H3. The van der Waals surface area contributed by atoms with Crippen LogP contribution in [-0.4, -0.2) is 44.1 Å².